The van der Waals surface area contributed by atoms with Gasteiger partial charge in [-0.2, -0.15) is 5.10 Å². The van der Waals surface area contributed by atoms with E-state index in [0.29, 0.717) is 6.61 Å². The van der Waals surface area contributed by atoms with Crippen LogP contribution in [0.3, 0.4) is 0 Å². The molecule has 6 nitrogen and oxygen atoms in total. The minimum Gasteiger partial charge on any atom is -0.497 e. The zero-order valence-electron chi connectivity index (χ0n) is 16.4. The average molecular weight is 387 g/mol. The van der Waals surface area contributed by atoms with E-state index in [1.165, 1.54) is 11.4 Å². The van der Waals surface area contributed by atoms with E-state index in [1.54, 1.807) is 26.0 Å². The van der Waals surface area contributed by atoms with E-state index in [-0.39, 0.29) is 6.04 Å². The van der Waals surface area contributed by atoms with E-state index in [1.807, 2.05) is 19.1 Å². The van der Waals surface area contributed by atoms with Crippen LogP contribution in [0.4, 0.5) is 0 Å². The van der Waals surface area contributed by atoms with E-state index in [9.17, 15) is 0 Å². The Hall–Kier alpha value is -2.25. The topological polar surface area (TPSA) is 60.1 Å². The Morgan fingerprint density at radius 2 is 2.00 bits per heavy atom. The lowest BCUT2D eigenvalue weighted by molar-refractivity contribution is 0.186. The number of thioether (sulfide) groups is 1. The number of aromatic nitrogens is 1. The number of nitrogens with one attached hydrogen (secondary N) is 1. The van der Waals surface area contributed by atoms with Crippen LogP contribution in [0.25, 0.3) is 5.69 Å². The van der Waals surface area contributed by atoms with Gasteiger partial charge < -0.3 is 14.0 Å². The van der Waals surface area contributed by atoms with Crippen molar-refractivity contribution in [1.82, 2.24) is 9.99 Å². The smallest absolute Gasteiger partial charge is 0.177 e. The van der Waals surface area contributed by atoms with Gasteiger partial charge >= 0.3 is 0 Å². The van der Waals surface area contributed by atoms with Crippen molar-refractivity contribution in [2.75, 3.05) is 26.6 Å². The van der Waals surface area contributed by atoms with Crippen LogP contribution in [0.2, 0.25) is 0 Å². The highest BCUT2D eigenvalue weighted by Gasteiger charge is 2.19. The third kappa shape index (κ3) is 4.36. The van der Waals surface area contributed by atoms with E-state index in [4.69, 9.17) is 9.47 Å². The molecule has 0 unspecified atom stereocenters. The number of hydrazone groups is 1. The van der Waals surface area contributed by atoms with E-state index in [2.05, 4.69) is 52.1 Å². The second-order valence-electron chi connectivity index (χ2n) is 6.52. The van der Waals surface area contributed by atoms with Crippen LogP contribution in [0.1, 0.15) is 23.9 Å². The van der Waals surface area contributed by atoms with Crippen LogP contribution >= 0.6 is 11.8 Å². The first kappa shape index (κ1) is 19.5. The molecule has 0 aliphatic carbocycles. The Morgan fingerprint density at radius 1 is 1.26 bits per heavy atom. The average Bonchev–Trinajstić information content (AvgIpc) is 2.97. The zero-order valence-corrected chi connectivity index (χ0v) is 17.3. The van der Waals surface area contributed by atoms with Crippen molar-refractivity contribution in [3.63, 3.8) is 0 Å². The van der Waals surface area contributed by atoms with Crippen LogP contribution in [-0.4, -0.2) is 48.1 Å². The summed E-state index contributed by atoms with van der Waals surface area (Å²) in [7, 11) is 3.37. The number of rotatable bonds is 6. The van der Waals surface area contributed by atoms with E-state index in [0.717, 1.165) is 33.6 Å². The normalized spacial score (nSPS) is 16.8. The van der Waals surface area contributed by atoms with Gasteiger partial charge in [0.05, 0.1) is 25.5 Å². The largest absolute Gasteiger partial charge is 0.497 e. The van der Waals surface area contributed by atoms with Gasteiger partial charge in [0, 0.05) is 35.5 Å². The van der Waals surface area contributed by atoms with Gasteiger partial charge in [0.2, 0.25) is 0 Å². The summed E-state index contributed by atoms with van der Waals surface area (Å²) in [4.78, 5) is 4.58. The molecule has 1 aromatic carbocycles. The maximum atomic E-state index is 5.26. The molecule has 1 aliphatic rings. The third-order valence-electron chi connectivity index (χ3n) is 4.45. The number of aliphatic imine (C=N–C) groups is 1. The predicted molar refractivity (Wildman–Crippen MR) is 113 cm³/mol. The molecule has 0 saturated carbocycles. The van der Waals surface area contributed by atoms with Gasteiger partial charge in [-0.3, -0.25) is 10.4 Å². The number of benzene rings is 1. The predicted octanol–water partition coefficient (Wildman–Crippen LogP) is 3.53. The van der Waals surface area contributed by atoms with Gasteiger partial charge in [-0.15, -0.1) is 0 Å². The summed E-state index contributed by atoms with van der Waals surface area (Å²) in [5.74, 6) is 1.64. The molecule has 0 spiro atoms. The molecule has 2 aromatic rings. The van der Waals surface area contributed by atoms with Gasteiger partial charge in [-0.1, -0.05) is 11.8 Å². The van der Waals surface area contributed by atoms with Crippen LogP contribution in [0, 0.1) is 13.8 Å². The van der Waals surface area contributed by atoms with Crippen LogP contribution in [0.15, 0.2) is 40.4 Å². The molecule has 1 aromatic heterocycles. The number of nitrogens with zero attached hydrogens (tertiary/aromatic N) is 3. The molecule has 0 fully saturated rings. The van der Waals surface area contributed by atoms with E-state index >= 15 is 0 Å². The standard InChI is InChI=1S/C20H26N4O2S/c1-13(11-25-4)21-20-23-22-19(12-27-20)18-10-14(2)24(15(18)3)16-6-8-17(26-5)9-7-16/h6-10,13H,11-12H2,1-5H3,(H,21,23)/t13-/m0/s1. The van der Waals surface area contributed by atoms with Crippen molar-refractivity contribution in [2.45, 2.75) is 26.8 Å². The molecule has 0 bridgehead atoms. The Labute approximate surface area is 164 Å². The second kappa shape index (κ2) is 8.63. The van der Waals surface area contributed by atoms with Crippen LogP contribution in [0.5, 0.6) is 5.75 Å². The number of ether oxygens (including phenoxy) is 2. The van der Waals surface area contributed by atoms with Crippen molar-refractivity contribution in [2.24, 2.45) is 10.1 Å². The summed E-state index contributed by atoms with van der Waals surface area (Å²) in [5.41, 5.74) is 8.74. The van der Waals surface area contributed by atoms with Crippen LogP contribution < -0.4 is 10.2 Å². The van der Waals surface area contributed by atoms with Gasteiger partial charge in [0.15, 0.2) is 5.17 Å². The first-order valence-electron chi connectivity index (χ1n) is 8.89. The fraction of sp³-hybridized carbons (Fsp3) is 0.400. The summed E-state index contributed by atoms with van der Waals surface area (Å²) >= 11 is 1.67. The highest BCUT2D eigenvalue weighted by Crippen LogP contribution is 2.25. The molecule has 7 heteroatoms. The Morgan fingerprint density at radius 3 is 2.59 bits per heavy atom. The molecule has 144 valence electrons. The summed E-state index contributed by atoms with van der Waals surface area (Å²) in [5, 5.41) is 5.41. The van der Waals surface area contributed by atoms with Crippen LogP contribution in [-0.2, 0) is 4.74 Å². The van der Waals surface area contributed by atoms with Crippen molar-refractivity contribution in [3.8, 4) is 11.4 Å². The fourth-order valence-electron chi connectivity index (χ4n) is 3.18. The lowest BCUT2D eigenvalue weighted by Gasteiger charge is -2.17. The highest BCUT2D eigenvalue weighted by atomic mass is 32.2. The monoisotopic (exact) mass is 386 g/mol. The summed E-state index contributed by atoms with van der Waals surface area (Å²) in [6, 6.07) is 10.4. The number of amidine groups is 1. The number of hydrogen-bond donors (Lipinski definition) is 1. The maximum absolute atomic E-state index is 5.26. The second-order valence-corrected chi connectivity index (χ2v) is 7.48. The first-order valence-corrected chi connectivity index (χ1v) is 9.88. The fourth-order valence-corrected chi connectivity index (χ4v) is 4.04. The Kier molecular flexibility index (Phi) is 6.23. The molecule has 1 atom stereocenters. The van der Waals surface area contributed by atoms with Gasteiger partial charge in [-0.05, 0) is 51.1 Å². The molecule has 0 saturated heterocycles. The Balaban J connectivity index is 1.83. The molecule has 27 heavy (non-hydrogen) atoms. The quantitative estimate of drug-likeness (QED) is 0.825. The van der Waals surface area contributed by atoms with Crippen molar-refractivity contribution in [1.29, 1.82) is 0 Å². The molecule has 2 heterocycles. The SMILES string of the molecule is COC[C@H](C)N=C1NN=C(c2cc(C)n(-c3ccc(OC)cc3)c2C)CS1. The molecule has 0 amide bonds. The van der Waals surface area contributed by atoms with Crippen molar-refractivity contribution >= 4 is 22.6 Å². The van der Waals surface area contributed by atoms with Gasteiger partial charge in [-0.25, -0.2) is 0 Å². The zero-order chi connectivity index (χ0) is 19.4. The lowest BCUT2D eigenvalue weighted by Crippen LogP contribution is -2.27. The molecule has 0 radical (unpaired) electrons. The third-order valence-corrected chi connectivity index (χ3v) is 5.34. The number of aryl methyl sites for hydroxylation is 1. The number of methoxy groups -OCH3 is 2. The Bertz CT molecular complexity index is 856. The van der Waals surface area contributed by atoms with Gasteiger partial charge in [0.1, 0.15) is 5.75 Å². The summed E-state index contributed by atoms with van der Waals surface area (Å²) in [6.45, 7) is 6.87. The van der Waals surface area contributed by atoms with Gasteiger partial charge in [0.25, 0.3) is 0 Å². The molecule has 3 rings (SSSR count). The minimum atomic E-state index is 0.113. The van der Waals surface area contributed by atoms with Crippen molar-refractivity contribution in [3.05, 3.63) is 47.3 Å². The summed E-state index contributed by atoms with van der Waals surface area (Å²) in [6.07, 6.45) is 0. The van der Waals surface area contributed by atoms with Crippen molar-refractivity contribution < 1.29 is 9.47 Å². The summed E-state index contributed by atoms with van der Waals surface area (Å²) < 4.78 is 12.6. The molecule has 1 aliphatic heterocycles. The number of hydrogen-bond acceptors (Lipinski definition) is 5. The highest BCUT2D eigenvalue weighted by molar-refractivity contribution is 8.14. The molecule has 1 N–H and O–H groups in total. The molecular weight excluding hydrogens is 360 g/mol. The lowest BCUT2D eigenvalue weighted by atomic mass is 10.1. The maximum Gasteiger partial charge on any atom is 0.177 e. The van der Waals surface area contributed by atoms with E-state index < -0.39 is 0 Å². The minimum absolute atomic E-state index is 0.113. The first-order chi connectivity index (χ1) is 13.0. The molecular formula is C20H26N4O2S.